The van der Waals surface area contributed by atoms with Crippen LogP contribution in [0.4, 0.5) is 4.79 Å². The number of nitrogens with zero attached hydrogens (tertiary/aromatic N) is 1. The number of likely N-dealkylation sites (tertiary alicyclic amines) is 1. The maximum atomic E-state index is 12.1. The minimum Gasteiger partial charge on any atom is -0.444 e. The van der Waals surface area contributed by atoms with Gasteiger partial charge in [0.1, 0.15) is 5.60 Å². The second-order valence-corrected chi connectivity index (χ2v) is 7.06. The van der Waals surface area contributed by atoms with Crippen LogP contribution in [0.1, 0.15) is 47.0 Å². The molecule has 0 aromatic carbocycles. The van der Waals surface area contributed by atoms with Gasteiger partial charge in [0.2, 0.25) is 0 Å². The lowest BCUT2D eigenvalue weighted by atomic mass is 10.1. The van der Waals surface area contributed by atoms with Crippen LogP contribution in [-0.2, 0) is 9.47 Å². The lowest BCUT2D eigenvalue weighted by Crippen LogP contribution is -2.38. The molecule has 0 bridgehead atoms. The van der Waals surface area contributed by atoms with E-state index >= 15 is 0 Å². The molecule has 0 aliphatic carbocycles. The molecule has 1 aliphatic rings. The van der Waals surface area contributed by atoms with Gasteiger partial charge >= 0.3 is 6.09 Å². The van der Waals surface area contributed by atoms with E-state index < -0.39 is 5.60 Å². The Kier molecular flexibility index (Phi) is 7.90. The van der Waals surface area contributed by atoms with Crippen LogP contribution in [0.3, 0.4) is 0 Å². The van der Waals surface area contributed by atoms with Gasteiger partial charge in [0, 0.05) is 25.7 Å². The van der Waals surface area contributed by atoms with Crippen molar-refractivity contribution < 1.29 is 14.3 Å². The van der Waals surface area contributed by atoms with E-state index in [0.717, 1.165) is 44.5 Å². The van der Waals surface area contributed by atoms with Crippen molar-refractivity contribution in [3.63, 3.8) is 0 Å². The van der Waals surface area contributed by atoms with Crippen LogP contribution in [0, 0.1) is 0 Å². The number of rotatable bonds is 6. The van der Waals surface area contributed by atoms with E-state index in [-0.39, 0.29) is 6.09 Å². The summed E-state index contributed by atoms with van der Waals surface area (Å²) >= 11 is 0. The highest BCUT2D eigenvalue weighted by atomic mass is 16.6. The summed E-state index contributed by atoms with van der Waals surface area (Å²) in [7, 11) is 0. The summed E-state index contributed by atoms with van der Waals surface area (Å²) in [5, 5.41) is 3.51. The molecule has 22 heavy (non-hydrogen) atoms. The molecule has 0 radical (unpaired) electrons. The van der Waals surface area contributed by atoms with Gasteiger partial charge in [0.05, 0.1) is 13.2 Å². The first-order valence-corrected chi connectivity index (χ1v) is 8.21. The molecule has 0 spiro atoms. The number of carbonyl (C=O) groups is 1. The quantitative estimate of drug-likeness (QED) is 0.605. The van der Waals surface area contributed by atoms with E-state index in [1.165, 1.54) is 0 Å². The second-order valence-electron chi connectivity index (χ2n) is 7.06. The molecule has 128 valence electrons. The van der Waals surface area contributed by atoms with Gasteiger partial charge in [0.25, 0.3) is 0 Å². The first-order valence-electron chi connectivity index (χ1n) is 8.21. The third-order valence-electron chi connectivity index (χ3n) is 3.41. The summed E-state index contributed by atoms with van der Waals surface area (Å²) < 4.78 is 10.9. The van der Waals surface area contributed by atoms with E-state index in [9.17, 15) is 4.79 Å². The molecular formula is C17H32N2O3. The van der Waals surface area contributed by atoms with E-state index in [4.69, 9.17) is 9.47 Å². The van der Waals surface area contributed by atoms with Crippen molar-refractivity contribution in [3.8, 4) is 0 Å². The standard InChI is InChI=1S/C17H32N2O3/c1-14(2)13-21-12-9-18-15-7-6-10-19(11-8-15)16(20)22-17(3,4)5/h15,18H,1,6-13H2,2-5H3. The van der Waals surface area contributed by atoms with E-state index in [0.29, 0.717) is 19.3 Å². The first-order chi connectivity index (χ1) is 10.3. The molecule has 1 N–H and O–H groups in total. The monoisotopic (exact) mass is 312 g/mol. The molecule has 0 aromatic heterocycles. The minimum atomic E-state index is -0.429. The van der Waals surface area contributed by atoms with Crippen molar-refractivity contribution in [2.24, 2.45) is 0 Å². The zero-order valence-corrected chi connectivity index (χ0v) is 14.6. The molecular weight excluding hydrogens is 280 g/mol. The zero-order chi connectivity index (χ0) is 16.6. The van der Waals surface area contributed by atoms with E-state index in [1.54, 1.807) is 0 Å². The largest absolute Gasteiger partial charge is 0.444 e. The van der Waals surface area contributed by atoms with Crippen LogP contribution in [-0.4, -0.2) is 55.5 Å². The lowest BCUT2D eigenvalue weighted by molar-refractivity contribution is 0.0256. The molecule has 1 saturated heterocycles. The molecule has 1 heterocycles. The van der Waals surface area contributed by atoms with Crippen molar-refractivity contribution in [3.05, 3.63) is 12.2 Å². The van der Waals surface area contributed by atoms with Crippen LogP contribution in [0.2, 0.25) is 0 Å². The highest BCUT2D eigenvalue weighted by Gasteiger charge is 2.24. The summed E-state index contributed by atoms with van der Waals surface area (Å²) in [6.45, 7) is 15.2. The molecule has 1 fully saturated rings. The van der Waals surface area contributed by atoms with Gasteiger partial charge < -0.3 is 19.7 Å². The fourth-order valence-electron chi connectivity index (χ4n) is 2.39. The Morgan fingerprint density at radius 1 is 1.32 bits per heavy atom. The van der Waals surface area contributed by atoms with Crippen molar-refractivity contribution in [1.82, 2.24) is 10.2 Å². The van der Waals surface area contributed by atoms with Gasteiger partial charge in [-0.15, -0.1) is 0 Å². The summed E-state index contributed by atoms with van der Waals surface area (Å²) in [4.78, 5) is 13.9. The van der Waals surface area contributed by atoms with Gasteiger partial charge in [-0.1, -0.05) is 12.2 Å². The molecule has 1 amide bonds. The van der Waals surface area contributed by atoms with Gasteiger partial charge in [0.15, 0.2) is 0 Å². The maximum absolute atomic E-state index is 12.1. The summed E-state index contributed by atoms with van der Waals surface area (Å²) in [5.74, 6) is 0. The van der Waals surface area contributed by atoms with Crippen molar-refractivity contribution in [2.75, 3.05) is 32.8 Å². The zero-order valence-electron chi connectivity index (χ0n) is 14.6. The Morgan fingerprint density at radius 3 is 2.68 bits per heavy atom. The van der Waals surface area contributed by atoms with Gasteiger partial charge in [-0.2, -0.15) is 0 Å². The number of hydrogen-bond donors (Lipinski definition) is 1. The van der Waals surface area contributed by atoms with Crippen molar-refractivity contribution >= 4 is 6.09 Å². The predicted molar refractivity (Wildman–Crippen MR) is 89.1 cm³/mol. The van der Waals surface area contributed by atoms with Crippen molar-refractivity contribution in [1.29, 1.82) is 0 Å². The average Bonchev–Trinajstić information content (AvgIpc) is 2.61. The smallest absolute Gasteiger partial charge is 0.410 e. The van der Waals surface area contributed by atoms with Crippen LogP contribution >= 0.6 is 0 Å². The van der Waals surface area contributed by atoms with Crippen LogP contribution in [0.5, 0.6) is 0 Å². The number of nitrogens with one attached hydrogen (secondary N) is 1. The topological polar surface area (TPSA) is 50.8 Å². The molecule has 5 nitrogen and oxygen atoms in total. The summed E-state index contributed by atoms with van der Waals surface area (Å²) in [5.41, 5.74) is 0.615. The van der Waals surface area contributed by atoms with Crippen LogP contribution < -0.4 is 5.32 Å². The third-order valence-corrected chi connectivity index (χ3v) is 3.41. The Hall–Kier alpha value is -1.07. The highest BCUT2D eigenvalue weighted by molar-refractivity contribution is 5.68. The second kappa shape index (κ2) is 9.16. The van der Waals surface area contributed by atoms with Crippen LogP contribution in [0.15, 0.2) is 12.2 Å². The SMILES string of the molecule is C=C(C)COCCNC1CCCN(C(=O)OC(C)(C)C)CC1. The number of hydrogen-bond acceptors (Lipinski definition) is 4. The number of amides is 1. The summed E-state index contributed by atoms with van der Waals surface area (Å²) in [6, 6.07) is 0.445. The Bertz CT molecular complexity index is 363. The molecule has 1 atom stereocenters. The lowest BCUT2D eigenvalue weighted by Gasteiger charge is -2.26. The fourth-order valence-corrected chi connectivity index (χ4v) is 2.39. The molecule has 1 unspecified atom stereocenters. The normalized spacial score (nSPS) is 19.6. The molecule has 1 aliphatic heterocycles. The van der Waals surface area contributed by atoms with Gasteiger partial charge in [-0.3, -0.25) is 0 Å². The van der Waals surface area contributed by atoms with Crippen molar-refractivity contribution in [2.45, 2.75) is 58.6 Å². The highest BCUT2D eigenvalue weighted by Crippen LogP contribution is 2.15. The molecule has 0 aromatic rings. The first kappa shape index (κ1) is 19.0. The van der Waals surface area contributed by atoms with Crippen LogP contribution in [0.25, 0.3) is 0 Å². The van der Waals surface area contributed by atoms with Gasteiger partial charge in [-0.25, -0.2) is 4.79 Å². The van der Waals surface area contributed by atoms with Gasteiger partial charge in [-0.05, 0) is 47.0 Å². The fraction of sp³-hybridized carbons (Fsp3) is 0.824. The summed E-state index contributed by atoms with van der Waals surface area (Å²) in [6.07, 6.45) is 2.85. The average molecular weight is 312 g/mol. The molecule has 0 saturated carbocycles. The van der Waals surface area contributed by atoms with E-state index in [2.05, 4.69) is 11.9 Å². The molecule has 1 rings (SSSR count). The Labute approximate surface area is 135 Å². The minimum absolute atomic E-state index is 0.196. The third kappa shape index (κ3) is 8.39. The number of carbonyl (C=O) groups excluding carboxylic acids is 1. The Morgan fingerprint density at radius 2 is 2.05 bits per heavy atom. The predicted octanol–water partition coefficient (Wildman–Crippen LogP) is 2.96. The Balaban J connectivity index is 2.24. The van der Waals surface area contributed by atoms with E-state index in [1.807, 2.05) is 32.6 Å². The molecule has 5 heteroatoms. The number of ether oxygens (including phenoxy) is 2. The maximum Gasteiger partial charge on any atom is 0.410 e.